The van der Waals surface area contributed by atoms with Crippen LogP contribution in [0.2, 0.25) is 0 Å². The number of ether oxygens (including phenoxy) is 1. The van der Waals surface area contributed by atoms with Crippen LogP contribution in [0, 0.1) is 6.92 Å². The molecule has 1 heterocycles. The first-order valence-electron chi connectivity index (χ1n) is 3.96. The molecule has 0 unspecified atom stereocenters. The van der Waals surface area contributed by atoms with Crippen molar-refractivity contribution in [3.8, 4) is 5.88 Å². The predicted octanol–water partition coefficient (Wildman–Crippen LogP) is 0.620. The minimum Gasteiger partial charge on any atom is -0.477 e. The summed E-state index contributed by atoms with van der Waals surface area (Å²) in [5, 5.41) is 13.1. The summed E-state index contributed by atoms with van der Waals surface area (Å²) in [6.45, 7) is 4.40. The molecular weight excluding hydrogens is 156 g/mol. The van der Waals surface area contributed by atoms with E-state index in [1.54, 1.807) is 11.7 Å². The third kappa shape index (κ3) is 1.43. The monoisotopic (exact) mass is 170 g/mol. The van der Waals surface area contributed by atoms with Gasteiger partial charge >= 0.3 is 0 Å². The smallest absolute Gasteiger partial charge is 0.236 e. The number of aromatic nitrogens is 2. The molecule has 1 aromatic rings. The normalized spacial score (nSPS) is 10.3. The molecule has 68 valence electrons. The van der Waals surface area contributed by atoms with Gasteiger partial charge in [-0.05, 0) is 13.8 Å². The largest absolute Gasteiger partial charge is 0.477 e. The quantitative estimate of drug-likeness (QED) is 0.723. The maximum atomic E-state index is 8.96. The summed E-state index contributed by atoms with van der Waals surface area (Å²) in [6.07, 6.45) is 0. The lowest BCUT2D eigenvalue weighted by molar-refractivity contribution is 0.270. The number of aliphatic hydroxyl groups excluding tert-OH is 1. The average molecular weight is 170 g/mol. The molecule has 12 heavy (non-hydrogen) atoms. The number of hydrogen-bond acceptors (Lipinski definition) is 3. The van der Waals surface area contributed by atoms with E-state index in [4.69, 9.17) is 9.84 Å². The standard InChI is InChI=1S/C8H14N2O2/c1-4-12-8-6(2)7(5-11)10(3)9-8/h11H,4-5H2,1-3H3. The van der Waals surface area contributed by atoms with E-state index in [1.807, 2.05) is 13.8 Å². The second kappa shape index (κ2) is 3.58. The lowest BCUT2D eigenvalue weighted by Crippen LogP contribution is -1.98. The highest BCUT2D eigenvalue weighted by Crippen LogP contribution is 2.19. The Bertz CT molecular complexity index is 268. The van der Waals surface area contributed by atoms with E-state index < -0.39 is 0 Å². The summed E-state index contributed by atoms with van der Waals surface area (Å²) in [4.78, 5) is 0. The molecule has 0 radical (unpaired) electrons. The molecule has 1 rings (SSSR count). The van der Waals surface area contributed by atoms with Gasteiger partial charge in [0.2, 0.25) is 5.88 Å². The SMILES string of the molecule is CCOc1nn(C)c(CO)c1C. The molecule has 0 atom stereocenters. The maximum absolute atomic E-state index is 8.96. The molecule has 4 heteroatoms. The van der Waals surface area contributed by atoms with Gasteiger partial charge in [-0.15, -0.1) is 5.10 Å². The van der Waals surface area contributed by atoms with Gasteiger partial charge < -0.3 is 9.84 Å². The number of rotatable bonds is 3. The third-order valence-corrected chi connectivity index (χ3v) is 1.82. The molecule has 4 nitrogen and oxygen atoms in total. The van der Waals surface area contributed by atoms with E-state index in [1.165, 1.54) is 0 Å². The zero-order valence-corrected chi connectivity index (χ0v) is 7.66. The second-order valence-electron chi connectivity index (χ2n) is 2.59. The van der Waals surface area contributed by atoms with Gasteiger partial charge in [-0.3, -0.25) is 4.68 Å². The molecule has 0 spiro atoms. The van der Waals surface area contributed by atoms with Crippen LogP contribution in [0.15, 0.2) is 0 Å². The predicted molar refractivity (Wildman–Crippen MR) is 45.0 cm³/mol. The van der Waals surface area contributed by atoms with Crippen molar-refractivity contribution in [1.82, 2.24) is 9.78 Å². The van der Waals surface area contributed by atoms with Crippen LogP contribution >= 0.6 is 0 Å². The lowest BCUT2D eigenvalue weighted by Gasteiger charge is -1.98. The Labute approximate surface area is 71.8 Å². The summed E-state index contributed by atoms with van der Waals surface area (Å²) in [7, 11) is 1.79. The van der Waals surface area contributed by atoms with Crippen LogP contribution in [0.3, 0.4) is 0 Å². The fourth-order valence-corrected chi connectivity index (χ4v) is 1.13. The highest BCUT2D eigenvalue weighted by Gasteiger charge is 2.11. The van der Waals surface area contributed by atoms with E-state index in [-0.39, 0.29) is 6.61 Å². The van der Waals surface area contributed by atoms with E-state index in [0.29, 0.717) is 12.5 Å². The van der Waals surface area contributed by atoms with Crippen LogP contribution in [-0.2, 0) is 13.7 Å². The first kappa shape index (κ1) is 9.06. The Hall–Kier alpha value is -1.03. The Morgan fingerprint density at radius 1 is 1.58 bits per heavy atom. The van der Waals surface area contributed by atoms with Gasteiger partial charge in [0.15, 0.2) is 0 Å². The lowest BCUT2D eigenvalue weighted by atomic mass is 10.3. The zero-order chi connectivity index (χ0) is 9.14. The van der Waals surface area contributed by atoms with Crippen LogP contribution in [0.4, 0.5) is 0 Å². The Morgan fingerprint density at radius 2 is 2.25 bits per heavy atom. The van der Waals surface area contributed by atoms with Crippen LogP contribution in [0.5, 0.6) is 5.88 Å². The Balaban J connectivity index is 3.00. The van der Waals surface area contributed by atoms with E-state index >= 15 is 0 Å². The fraction of sp³-hybridized carbons (Fsp3) is 0.625. The van der Waals surface area contributed by atoms with Crippen LogP contribution in [-0.4, -0.2) is 21.5 Å². The Kier molecular flexibility index (Phi) is 2.70. The van der Waals surface area contributed by atoms with Crippen molar-refractivity contribution in [1.29, 1.82) is 0 Å². The molecule has 1 N–H and O–H groups in total. The van der Waals surface area contributed by atoms with Gasteiger partial charge in [-0.25, -0.2) is 0 Å². The van der Waals surface area contributed by atoms with Crippen molar-refractivity contribution in [2.24, 2.45) is 7.05 Å². The molecule has 0 aromatic carbocycles. The topological polar surface area (TPSA) is 47.3 Å². The zero-order valence-electron chi connectivity index (χ0n) is 7.66. The van der Waals surface area contributed by atoms with Gasteiger partial charge in [0.25, 0.3) is 0 Å². The van der Waals surface area contributed by atoms with E-state index in [0.717, 1.165) is 11.3 Å². The molecule has 0 saturated carbocycles. The van der Waals surface area contributed by atoms with Crippen molar-refractivity contribution < 1.29 is 9.84 Å². The van der Waals surface area contributed by atoms with Crippen molar-refractivity contribution in [2.75, 3.05) is 6.61 Å². The molecule has 0 aliphatic heterocycles. The summed E-state index contributed by atoms with van der Waals surface area (Å²) in [5.74, 6) is 0.615. The molecule has 0 fully saturated rings. The van der Waals surface area contributed by atoms with Crippen LogP contribution in [0.1, 0.15) is 18.2 Å². The van der Waals surface area contributed by atoms with Gasteiger partial charge in [0.05, 0.1) is 18.9 Å². The van der Waals surface area contributed by atoms with Crippen LogP contribution in [0.25, 0.3) is 0 Å². The minimum absolute atomic E-state index is 0.00239. The number of aryl methyl sites for hydroxylation is 1. The summed E-state index contributed by atoms with van der Waals surface area (Å²) in [5.41, 5.74) is 1.72. The number of hydrogen-bond donors (Lipinski definition) is 1. The van der Waals surface area contributed by atoms with Gasteiger partial charge in [-0.2, -0.15) is 0 Å². The van der Waals surface area contributed by atoms with Crippen LogP contribution < -0.4 is 4.74 Å². The number of nitrogens with zero attached hydrogens (tertiary/aromatic N) is 2. The molecule has 0 aliphatic carbocycles. The fourth-order valence-electron chi connectivity index (χ4n) is 1.13. The van der Waals surface area contributed by atoms with Gasteiger partial charge in [0, 0.05) is 12.6 Å². The van der Waals surface area contributed by atoms with E-state index in [2.05, 4.69) is 5.10 Å². The molecule has 0 aliphatic rings. The van der Waals surface area contributed by atoms with Crippen molar-refractivity contribution in [3.63, 3.8) is 0 Å². The van der Waals surface area contributed by atoms with Gasteiger partial charge in [0.1, 0.15) is 0 Å². The molecule has 0 amide bonds. The first-order valence-corrected chi connectivity index (χ1v) is 3.96. The highest BCUT2D eigenvalue weighted by atomic mass is 16.5. The highest BCUT2D eigenvalue weighted by molar-refractivity contribution is 5.29. The molecular formula is C8H14N2O2. The molecule has 0 saturated heterocycles. The summed E-state index contributed by atoms with van der Waals surface area (Å²) < 4.78 is 6.90. The van der Waals surface area contributed by atoms with Crippen molar-refractivity contribution in [2.45, 2.75) is 20.5 Å². The van der Waals surface area contributed by atoms with E-state index in [9.17, 15) is 0 Å². The molecule has 1 aromatic heterocycles. The molecule has 0 bridgehead atoms. The van der Waals surface area contributed by atoms with Crippen molar-refractivity contribution in [3.05, 3.63) is 11.3 Å². The second-order valence-corrected chi connectivity index (χ2v) is 2.59. The number of aliphatic hydroxyl groups is 1. The minimum atomic E-state index is 0.00239. The summed E-state index contributed by atoms with van der Waals surface area (Å²) in [6, 6.07) is 0. The third-order valence-electron chi connectivity index (χ3n) is 1.82. The Morgan fingerprint density at radius 3 is 2.67 bits per heavy atom. The van der Waals surface area contributed by atoms with Crippen molar-refractivity contribution >= 4 is 0 Å². The van der Waals surface area contributed by atoms with Gasteiger partial charge in [-0.1, -0.05) is 0 Å². The average Bonchev–Trinajstić information content (AvgIpc) is 2.29. The maximum Gasteiger partial charge on any atom is 0.236 e. The summed E-state index contributed by atoms with van der Waals surface area (Å²) >= 11 is 0. The first-order chi connectivity index (χ1) is 5.70.